The van der Waals surface area contributed by atoms with Crippen molar-refractivity contribution in [2.45, 2.75) is 26.8 Å². The number of aryl methyl sites for hydroxylation is 2. The summed E-state index contributed by atoms with van der Waals surface area (Å²) in [7, 11) is 3.08. The summed E-state index contributed by atoms with van der Waals surface area (Å²) in [5.41, 5.74) is 4.27. The first-order valence-electron chi connectivity index (χ1n) is 9.33. The lowest BCUT2D eigenvalue weighted by Gasteiger charge is -2.30. The van der Waals surface area contributed by atoms with Crippen LogP contribution in [-0.4, -0.2) is 26.2 Å². The Balaban J connectivity index is 2.05. The number of anilines is 1. The van der Waals surface area contributed by atoms with Crippen LogP contribution in [0, 0.1) is 13.8 Å². The second-order valence-corrected chi connectivity index (χ2v) is 7.93. The molecule has 0 aliphatic carbocycles. The van der Waals surface area contributed by atoms with E-state index in [0.29, 0.717) is 32.8 Å². The van der Waals surface area contributed by atoms with Crippen LogP contribution < -0.4 is 25.4 Å². The van der Waals surface area contributed by atoms with Gasteiger partial charge in [-0.2, -0.15) is 0 Å². The third-order valence-corrected chi connectivity index (χ3v) is 5.66. The van der Waals surface area contributed by atoms with Crippen molar-refractivity contribution in [1.82, 2.24) is 10.6 Å². The maximum atomic E-state index is 13.3. The van der Waals surface area contributed by atoms with Crippen LogP contribution in [0.4, 0.5) is 10.5 Å². The Morgan fingerprint density at radius 3 is 2.40 bits per heavy atom. The molecule has 1 atom stereocenters. The number of hydrogen-bond donors (Lipinski definition) is 3. The molecule has 3 rings (SSSR count). The lowest BCUT2D eigenvalue weighted by Crippen LogP contribution is -2.46. The molecule has 0 fully saturated rings. The van der Waals surface area contributed by atoms with Gasteiger partial charge < -0.3 is 25.4 Å². The SMILES string of the molecule is COc1cc(Br)c([C@H]2NC(=O)NC(C)=C2C(=O)Nc2cc(C)ccc2C)cc1OC. The van der Waals surface area contributed by atoms with Crippen molar-refractivity contribution in [3.8, 4) is 11.5 Å². The predicted molar refractivity (Wildman–Crippen MR) is 119 cm³/mol. The number of hydrogen-bond acceptors (Lipinski definition) is 4. The fourth-order valence-corrected chi connectivity index (χ4v) is 3.93. The first kappa shape index (κ1) is 21.7. The molecule has 0 unspecified atom stereocenters. The lowest BCUT2D eigenvalue weighted by molar-refractivity contribution is -0.113. The molecule has 2 aromatic carbocycles. The summed E-state index contributed by atoms with van der Waals surface area (Å²) in [5, 5.41) is 8.51. The summed E-state index contributed by atoms with van der Waals surface area (Å²) in [5.74, 6) is 0.728. The third kappa shape index (κ3) is 4.28. The predicted octanol–water partition coefficient (Wildman–Crippen LogP) is 4.35. The van der Waals surface area contributed by atoms with Gasteiger partial charge in [-0.1, -0.05) is 28.1 Å². The van der Waals surface area contributed by atoms with Gasteiger partial charge in [0.1, 0.15) is 0 Å². The molecule has 8 heteroatoms. The standard InChI is InChI=1S/C22H24BrN3O4/c1-11-6-7-12(2)16(8-11)25-21(27)19-13(3)24-22(28)26-20(19)14-9-17(29-4)18(30-5)10-15(14)23/h6-10,20H,1-5H3,(H,25,27)(H2,24,26,28)/t20-/m1/s1. The van der Waals surface area contributed by atoms with E-state index in [1.165, 1.54) is 7.11 Å². The minimum atomic E-state index is -0.682. The molecule has 1 heterocycles. The van der Waals surface area contributed by atoms with Gasteiger partial charge in [-0.3, -0.25) is 4.79 Å². The number of halogens is 1. The van der Waals surface area contributed by atoms with Crippen molar-refractivity contribution in [2.75, 3.05) is 19.5 Å². The van der Waals surface area contributed by atoms with E-state index in [4.69, 9.17) is 9.47 Å². The van der Waals surface area contributed by atoms with Crippen molar-refractivity contribution < 1.29 is 19.1 Å². The molecule has 0 radical (unpaired) electrons. The first-order chi connectivity index (χ1) is 14.2. The van der Waals surface area contributed by atoms with E-state index in [-0.39, 0.29) is 11.9 Å². The monoisotopic (exact) mass is 473 g/mol. The zero-order chi connectivity index (χ0) is 22.0. The number of ether oxygens (including phenoxy) is 2. The van der Waals surface area contributed by atoms with E-state index in [1.807, 2.05) is 32.0 Å². The molecular formula is C22H24BrN3O4. The molecule has 2 aromatic rings. The molecule has 3 N–H and O–H groups in total. The molecule has 0 bridgehead atoms. The number of carbonyl (C=O) groups is 2. The number of methoxy groups -OCH3 is 2. The maximum absolute atomic E-state index is 13.3. The van der Waals surface area contributed by atoms with E-state index in [9.17, 15) is 9.59 Å². The van der Waals surface area contributed by atoms with Crippen molar-refractivity contribution in [3.63, 3.8) is 0 Å². The fourth-order valence-electron chi connectivity index (χ4n) is 3.38. The summed E-state index contributed by atoms with van der Waals surface area (Å²) in [4.78, 5) is 25.5. The number of benzene rings is 2. The maximum Gasteiger partial charge on any atom is 0.319 e. The summed E-state index contributed by atoms with van der Waals surface area (Å²) in [6, 6.07) is 8.28. The first-order valence-corrected chi connectivity index (χ1v) is 10.1. The molecule has 1 aliphatic rings. The van der Waals surface area contributed by atoms with E-state index >= 15 is 0 Å². The van der Waals surface area contributed by atoms with Gasteiger partial charge in [0.2, 0.25) is 0 Å². The molecule has 0 saturated heterocycles. The second-order valence-electron chi connectivity index (χ2n) is 7.07. The number of allylic oxidation sites excluding steroid dienone is 1. The Kier molecular flexibility index (Phi) is 6.36. The Bertz CT molecular complexity index is 1050. The highest BCUT2D eigenvalue weighted by Gasteiger charge is 2.33. The largest absolute Gasteiger partial charge is 0.493 e. The average Bonchev–Trinajstić information content (AvgIpc) is 2.69. The number of urea groups is 1. The van der Waals surface area contributed by atoms with Gasteiger partial charge in [-0.05, 0) is 55.7 Å². The van der Waals surface area contributed by atoms with Crippen molar-refractivity contribution in [2.24, 2.45) is 0 Å². The van der Waals surface area contributed by atoms with E-state index in [0.717, 1.165) is 16.8 Å². The fraction of sp³-hybridized carbons (Fsp3) is 0.273. The van der Waals surface area contributed by atoms with Gasteiger partial charge >= 0.3 is 6.03 Å². The number of carbonyl (C=O) groups excluding carboxylic acids is 2. The van der Waals surface area contributed by atoms with E-state index < -0.39 is 6.04 Å². The van der Waals surface area contributed by atoms with Gasteiger partial charge in [0.25, 0.3) is 5.91 Å². The highest BCUT2D eigenvalue weighted by molar-refractivity contribution is 9.10. The molecule has 30 heavy (non-hydrogen) atoms. The Hall–Kier alpha value is -3.00. The summed E-state index contributed by atoms with van der Waals surface area (Å²) in [6.45, 7) is 5.60. The number of rotatable bonds is 5. The number of nitrogens with one attached hydrogen (secondary N) is 3. The smallest absolute Gasteiger partial charge is 0.319 e. The molecule has 0 aromatic heterocycles. The van der Waals surface area contributed by atoms with Crippen LogP contribution in [0.2, 0.25) is 0 Å². The lowest BCUT2D eigenvalue weighted by atomic mass is 9.94. The van der Waals surface area contributed by atoms with E-state index in [1.54, 1.807) is 26.2 Å². The molecular weight excluding hydrogens is 450 g/mol. The van der Waals surface area contributed by atoms with Crippen LogP contribution >= 0.6 is 15.9 Å². The minimum Gasteiger partial charge on any atom is -0.493 e. The van der Waals surface area contributed by atoms with Crippen molar-refractivity contribution >= 4 is 33.6 Å². The molecule has 0 spiro atoms. The molecule has 158 valence electrons. The normalized spacial score (nSPS) is 15.9. The molecule has 3 amide bonds. The Labute approximate surface area is 184 Å². The molecule has 7 nitrogen and oxygen atoms in total. The van der Waals surface area contributed by atoms with E-state index in [2.05, 4.69) is 31.9 Å². The van der Waals surface area contributed by atoms with Crippen molar-refractivity contribution in [1.29, 1.82) is 0 Å². The molecule has 1 aliphatic heterocycles. The zero-order valence-corrected chi connectivity index (χ0v) is 19.1. The second kappa shape index (κ2) is 8.79. The highest BCUT2D eigenvalue weighted by Crippen LogP contribution is 2.39. The molecule has 0 saturated carbocycles. The van der Waals surface area contributed by atoms with Gasteiger partial charge in [-0.15, -0.1) is 0 Å². The zero-order valence-electron chi connectivity index (χ0n) is 17.5. The summed E-state index contributed by atoms with van der Waals surface area (Å²) < 4.78 is 11.4. The van der Waals surface area contributed by atoms with Crippen LogP contribution in [0.1, 0.15) is 29.7 Å². The van der Waals surface area contributed by atoms with Gasteiger partial charge in [0, 0.05) is 15.9 Å². The number of amides is 3. The van der Waals surface area contributed by atoms with Gasteiger partial charge in [0.15, 0.2) is 11.5 Å². The highest BCUT2D eigenvalue weighted by atomic mass is 79.9. The minimum absolute atomic E-state index is 0.305. The van der Waals surface area contributed by atoms with Crippen LogP contribution in [0.3, 0.4) is 0 Å². The van der Waals surface area contributed by atoms with Crippen LogP contribution in [0.15, 0.2) is 46.1 Å². The summed E-state index contributed by atoms with van der Waals surface area (Å²) >= 11 is 3.53. The quantitative estimate of drug-likeness (QED) is 0.602. The third-order valence-electron chi connectivity index (χ3n) is 4.97. The summed E-state index contributed by atoms with van der Waals surface area (Å²) in [6.07, 6.45) is 0. The topological polar surface area (TPSA) is 88.7 Å². The Morgan fingerprint density at radius 1 is 1.07 bits per heavy atom. The Morgan fingerprint density at radius 2 is 1.73 bits per heavy atom. The van der Waals surface area contributed by atoms with Crippen LogP contribution in [-0.2, 0) is 4.79 Å². The van der Waals surface area contributed by atoms with Crippen LogP contribution in [0.5, 0.6) is 11.5 Å². The van der Waals surface area contributed by atoms with Crippen LogP contribution in [0.25, 0.3) is 0 Å². The van der Waals surface area contributed by atoms with Gasteiger partial charge in [0.05, 0.1) is 25.8 Å². The van der Waals surface area contributed by atoms with Gasteiger partial charge in [-0.25, -0.2) is 4.79 Å². The average molecular weight is 474 g/mol. The van der Waals surface area contributed by atoms with Crippen molar-refractivity contribution in [3.05, 3.63) is 62.8 Å².